The van der Waals surface area contributed by atoms with Crippen LogP contribution in [0, 0.1) is 0 Å². The number of hydrogen-bond acceptors (Lipinski definition) is 6. The number of rotatable bonds is 8. The molecule has 0 aliphatic carbocycles. The number of benzene rings is 3. The van der Waals surface area contributed by atoms with Crippen LogP contribution in [0.15, 0.2) is 77.9 Å². The van der Waals surface area contributed by atoms with E-state index in [0.29, 0.717) is 23.5 Å². The zero-order valence-corrected chi connectivity index (χ0v) is 18.2. The SMILES string of the molecule is COC(=O)c1ccc(COc2ccc(/C=N/NC(=O)c3cccc(N(C)C)c3)cc2)cc1. The van der Waals surface area contributed by atoms with Gasteiger partial charge in [0.2, 0.25) is 0 Å². The van der Waals surface area contributed by atoms with Crippen molar-refractivity contribution < 1.29 is 19.1 Å². The summed E-state index contributed by atoms with van der Waals surface area (Å²) in [6.07, 6.45) is 1.57. The predicted octanol–water partition coefficient (Wildman–Crippen LogP) is 3.88. The number of anilines is 1. The van der Waals surface area contributed by atoms with Crippen LogP contribution in [0.5, 0.6) is 5.75 Å². The van der Waals surface area contributed by atoms with Crippen molar-refractivity contribution in [3.63, 3.8) is 0 Å². The summed E-state index contributed by atoms with van der Waals surface area (Å²) in [4.78, 5) is 25.7. The summed E-state index contributed by atoms with van der Waals surface area (Å²) >= 11 is 0. The fraction of sp³-hybridized carbons (Fsp3) is 0.160. The summed E-state index contributed by atoms with van der Waals surface area (Å²) in [7, 11) is 5.19. The van der Waals surface area contributed by atoms with Gasteiger partial charge in [-0.15, -0.1) is 0 Å². The number of hydrazone groups is 1. The number of methoxy groups -OCH3 is 1. The molecule has 3 rings (SSSR count). The lowest BCUT2D eigenvalue weighted by molar-refractivity contribution is 0.0600. The fourth-order valence-electron chi connectivity index (χ4n) is 2.83. The molecule has 0 aliphatic heterocycles. The normalized spacial score (nSPS) is 10.6. The van der Waals surface area contributed by atoms with Crippen LogP contribution < -0.4 is 15.1 Å². The number of hydrogen-bond donors (Lipinski definition) is 1. The molecule has 3 aromatic carbocycles. The van der Waals surface area contributed by atoms with E-state index in [-0.39, 0.29) is 11.9 Å². The molecule has 3 aromatic rings. The molecule has 7 heteroatoms. The molecule has 0 radical (unpaired) electrons. The Hall–Kier alpha value is -4.13. The molecule has 32 heavy (non-hydrogen) atoms. The van der Waals surface area contributed by atoms with Crippen LogP contribution in [0.1, 0.15) is 31.8 Å². The molecule has 0 aromatic heterocycles. The number of esters is 1. The third-order valence-corrected chi connectivity index (χ3v) is 4.67. The maximum absolute atomic E-state index is 12.3. The van der Waals surface area contributed by atoms with Gasteiger partial charge in [0.15, 0.2) is 0 Å². The van der Waals surface area contributed by atoms with Gasteiger partial charge in [0, 0.05) is 25.3 Å². The van der Waals surface area contributed by atoms with E-state index in [1.807, 2.05) is 67.5 Å². The molecule has 7 nitrogen and oxygen atoms in total. The average Bonchev–Trinajstić information content (AvgIpc) is 2.83. The van der Waals surface area contributed by atoms with Gasteiger partial charge in [-0.05, 0) is 65.7 Å². The Balaban J connectivity index is 1.51. The van der Waals surface area contributed by atoms with Crippen LogP contribution >= 0.6 is 0 Å². The number of ether oxygens (including phenoxy) is 2. The average molecular weight is 431 g/mol. The van der Waals surface area contributed by atoms with Crippen molar-refractivity contribution in [1.29, 1.82) is 0 Å². The van der Waals surface area contributed by atoms with Crippen LogP contribution in [0.25, 0.3) is 0 Å². The number of nitrogens with zero attached hydrogens (tertiary/aromatic N) is 2. The first-order valence-electron chi connectivity index (χ1n) is 9.97. The van der Waals surface area contributed by atoms with E-state index in [4.69, 9.17) is 4.74 Å². The molecule has 0 bridgehead atoms. The van der Waals surface area contributed by atoms with Crippen molar-refractivity contribution >= 4 is 23.8 Å². The van der Waals surface area contributed by atoms with Crippen LogP contribution in [0.4, 0.5) is 5.69 Å². The van der Waals surface area contributed by atoms with Crippen molar-refractivity contribution in [2.24, 2.45) is 5.10 Å². The van der Waals surface area contributed by atoms with Crippen molar-refractivity contribution in [2.75, 3.05) is 26.1 Å². The second kappa shape index (κ2) is 10.8. The molecule has 0 atom stereocenters. The number of carbonyl (C=O) groups is 2. The zero-order valence-electron chi connectivity index (χ0n) is 18.2. The van der Waals surface area contributed by atoms with E-state index in [2.05, 4.69) is 15.3 Å². The highest BCUT2D eigenvalue weighted by molar-refractivity contribution is 5.95. The van der Waals surface area contributed by atoms with Crippen LogP contribution in [-0.4, -0.2) is 39.3 Å². The van der Waals surface area contributed by atoms with Crippen LogP contribution in [0.2, 0.25) is 0 Å². The molecule has 164 valence electrons. The minimum atomic E-state index is -0.368. The van der Waals surface area contributed by atoms with Crippen molar-refractivity contribution in [3.8, 4) is 5.75 Å². The summed E-state index contributed by atoms with van der Waals surface area (Å²) < 4.78 is 10.5. The Morgan fingerprint density at radius 3 is 2.34 bits per heavy atom. The van der Waals surface area contributed by atoms with E-state index in [1.54, 1.807) is 30.5 Å². The van der Waals surface area contributed by atoms with Crippen LogP contribution in [0.3, 0.4) is 0 Å². The minimum absolute atomic E-state index is 0.275. The second-order valence-corrected chi connectivity index (χ2v) is 7.19. The first-order chi connectivity index (χ1) is 15.5. The van der Waals surface area contributed by atoms with Gasteiger partial charge >= 0.3 is 5.97 Å². The van der Waals surface area contributed by atoms with Gasteiger partial charge in [-0.3, -0.25) is 4.79 Å². The third-order valence-electron chi connectivity index (χ3n) is 4.67. The van der Waals surface area contributed by atoms with Gasteiger partial charge in [-0.25, -0.2) is 10.2 Å². The van der Waals surface area contributed by atoms with Crippen molar-refractivity contribution in [1.82, 2.24) is 5.43 Å². The third kappa shape index (κ3) is 6.18. The second-order valence-electron chi connectivity index (χ2n) is 7.19. The maximum Gasteiger partial charge on any atom is 0.337 e. The quantitative estimate of drug-likeness (QED) is 0.333. The molecule has 0 unspecified atom stereocenters. The molecule has 0 fully saturated rings. The smallest absolute Gasteiger partial charge is 0.337 e. The van der Waals surface area contributed by atoms with E-state index >= 15 is 0 Å². The van der Waals surface area contributed by atoms with E-state index in [1.165, 1.54) is 7.11 Å². The predicted molar refractivity (Wildman–Crippen MR) is 124 cm³/mol. The topological polar surface area (TPSA) is 80.2 Å². The van der Waals surface area contributed by atoms with E-state index in [0.717, 1.165) is 16.8 Å². The lowest BCUT2D eigenvalue weighted by Gasteiger charge is -2.12. The van der Waals surface area contributed by atoms with E-state index in [9.17, 15) is 9.59 Å². The number of carbonyl (C=O) groups excluding carboxylic acids is 2. The Kier molecular flexibility index (Phi) is 7.59. The standard InChI is InChI=1S/C25H25N3O4/c1-28(2)22-6-4-5-21(15-22)24(29)27-26-16-18-9-13-23(14-10-18)32-17-19-7-11-20(12-8-19)25(30)31-3/h4-16H,17H2,1-3H3,(H,27,29)/b26-16+. The summed E-state index contributed by atoms with van der Waals surface area (Å²) in [6.45, 7) is 0.372. The molecule has 0 saturated heterocycles. The largest absolute Gasteiger partial charge is 0.489 e. The molecule has 1 N–H and O–H groups in total. The monoisotopic (exact) mass is 431 g/mol. The summed E-state index contributed by atoms with van der Waals surface area (Å²) in [5.41, 5.74) is 6.27. The Morgan fingerprint density at radius 1 is 0.969 bits per heavy atom. The minimum Gasteiger partial charge on any atom is -0.489 e. The van der Waals surface area contributed by atoms with Gasteiger partial charge in [0.1, 0.15) is 12.4 Å². The summed E-state index contributed by atoms with van der Waals surface area (Å²) in [6, 6.07) is 21.7. The van der Waals surface area contributed by atoms with Gasteiger partial charge in [0.05, 0.1) is 18.9 Å². The molecule has 0 spiro atoms. The first-order valence-corrected chi connectivity index (χ1v) is 9.97. The lowest BCUT2D eigenvalue weighted by atomic mass is 10.1. The molecule has 0 aliphatic rings. The molecule has 0 saturated carbocycles. The highest BCUT2D eigenvalue weighted by atomic mass is 16.5. The number of nitrogens with one attached hydrogen (secondary N) is 1. The molecular formula is C25H25N3O4. The van der Waals surface area contributed by atoms with Gasteiger partial charge in [-0.2, -0.15) is 5.10 Å². The Morgan fingerprint density at radius 2 is 1.69 bits per heavy atom. The van der Waals surface area contributed by atoms with Crippen LogP contribution in [-0.2, 0) is 11.3 Å². The van der Waals surface area contributed by atoms with Gasteiger partial charge < -0.3 is 14.4 Å². The van der Waals surface area contributed by atoms with Gasteiger partial charge in [-0.1, -0.05) is 18.2 Å². The maximum atomic E-state index is 12.3. The first kappa shape index (κ1) is 22.6. The zero-order chi connectivity index (χ0) is 22.9. The Bertz CT molecular complexity index is 1090. The summed E-state index contributed by atoms with van der Waals surface area (Å²) in [5.74, 6) is 0.0554. The highest BCUT2D eigenvalue weighted by Crippen LogP contribution is 2.15. The molecular weight excluding hydrogens is 406 g/mol. The van der Waals surface area contributed by atoms with Crippen molar-refractivity contribution in [3.05, 3.63) is 95.1 Å². The Labute approximate surface area is 187 Å². The van der Waals surface area contributed by atoms with E-state index < -0.39 is 0 Å². The lowest BCUT2D eigenvalue weighted by Crippen LogP contribution is -2.18. The fourth-order valence-corrected chi connectivity index (χ4v) is 2.83. The highest BCUT2D eigenvalue weighted by Gasteiger charge is 2.06. The molecule has 1 amide bonds. The number of amides is 1. The van der Waals surface area contributed by atoms with Gasteiger partial charge in [0.25, 0.3) is 5.91 Å². The summed E-state index contributed by atoms with van der Waals surface area (Å²) in [5, 5.41) is 4.03. The molecule has 0 heterocycles. The van der Waals surface area contributed by atoms with Crippen molar-refractivity contribution in [2.45, 2.75) is 6.61 Å².